The Morgan fingerprint density at radius 3 is 2.76 bits per heavy atom. The molecular weight excluding hydrogens is 442 g/mol. The number of piperazine rings is 1. The Kier molecular flexibility index (Phi) is 6.36. The van der Waals surface area contributed by atoms with Crippen molar-refractivity contribution < 1.29 is 18.8 Å². The highest BCUT2D eigenvalue weighted by Crippen LogP contribution is 2.25. The summed E-state index contributed by atoms with van der Waals surface area (Å²) in [6, 6.07) is 11.3. The number of aromatic nitrogens is 2. The molecule has 0 aliphatic carbocycles. The lowest BCUT2D eigenvalue weighted by Gasteiger charge is -2.33. The molecule has 0 bridgehead atoms. The number of amides is 2. The Hall–Kier alpha value is -3.24. The highest BCUT2D eigenvalue weighted by Gasteiger charge is 2.24. The van der Waals surface area contributed by atoms with Crippen molar-refractivity contribution >= 4 is 28.8 Å². The number of carbonyl (C=O) groups is 2. The van der Waals surface area contributed by atoms with E-state index in [9.17, 15) is 9.59 Å². The van der Waals surface area contributed by atoms with Gasteiger partial charge in [-0.3, -0.25) is 14.5 Å². The van der Waals surface area contributed by atoms with E-state index in [2.05, 4.69) is 15.0 Å². The Morgan fingerprint density at radius 1 is 1.12 bits per heavy atom. The van der Waals surface area contributed by atoms with Gasteiger partial charge in [0.15, 0.2) is 6.61 Å². The van der Waals surface area contributed by atoms with E-state index in [0.717, 1.165) is 36.6 Å². The van der Waals surface area contributed by atoms with Crippen LogP contribution >= 0.6 is 11.3 Å². The molecule has 2 aliphatic heterocycles. The first-order valence-electron chi connectivity index (χ1n) is 11.1. The van der Waals surface area contributed by atoms with Crippen molar-refractivity contribution in [2.24, 2.45) is 0 Å². The van der Waals surface area contributed by atoms with E-state index in [1.54, 1.807) is 16.2 Å². The SMILES string of the molecule is O=C(COc1cccc(N2CCCC2=O)c1)N1CCN(Cc2nc(-c3cccs3)no2)CC1. The number of hydrogen-bond acceptors (Lipinski definition) is 8. The number of nitrogens with zero attached hydrogens (tertiary/aromatic N) is 5. The van der Waals surface area contributed by atoms with E-state index < -0.39 is 0 Å². The molecule has 9 nitrogen and oxygen atoms in total. The molecule has 0 radical (unpaired) electrons. The minimum absolute atomic E-state index is 0.0226. The highest BCUT2D eigenvalue weighted by atomic mass is 32.1. The van der Waals surface area contributed by atoms with Gasteiger partial charge < -0.3 is 19.1 Å². The predicted molar refractivity (Wildman–Crippen MR) is 123 cm³/mol. The number of hydrogen-bond donors (Lipinski definition) is 0. The van der Waals surface area contributed by atoms with Crippen LogP contribution in [0, 0.1) is 0 Å². The van der Waals surface area contributed by atoms with Crippen molar-refractivity contribution in [1.29, 1.82) is 0 Å². The summed E-state index contributed by atoms with van der Waals surface area (Å²) in [7, 11) is 0. The molecule has 2 saturated heterocycles. The Bertz CT molecular complexity index is 1110. The Morgan fingerprint density at radius 2 is 2.00 bits per heavy atom. The smallest absolute Gasteiger partial charge is 0.260 e. The van der Waals surface area contributed by atoms with E-state index in [1.165, 1.54) is 0 Å². The molecule has 2 fully saturated rings. The van der Waals surface area contributed by atoms with E-state index in [-0.39, 0.29) is 18.4 Å². The van der Waals surface area contributed by atoms with E-state index in [4.69, 9.17) is 9.26 Å². The summed E-state index contributed by atoms with van der Waals surface area (Å²) < 4.78 is 11.1. The molecule has 0 N–H and O–H groups in total. The van der Waals surface area contributed by atoms with Crippen molar-refractivity contribution in [3.63, 3.8) is 0 Å². The fourth-order valence-corrected chi connectivity index (χ4v) is 4.72. The van der Waals surface area contributed by atoms with Gasteiger partial charge in [0.25, 0.3) is 5.91 Å². The Balaban J connectivity index is 1.08. The molecule has 0 spiro atoms. The van der Waals surface area contributed by atoms with Gasteiger partial charge in [-0.1, -0.05) is 17.3 Å². The minimum atomic E-state index is -0.0462. The maximum atomic E-state index is 12.6. The average Bonchev–Trinajstić information content (AvgIpc) is 3.60. The summed E-state index contributed by atoms with van der Waals surface area (Å²) in [5.74, 6) is 1.87. The molecule has 0 atom stereocenters. The molecule has 0 saturated carbocycles. The second-order valence-corrected chi connectivity index (χ2v) is 9.03. The summed E-state index contributed by atoms with van der Waals surface area (Å²) in [6.45, 7) is 3.98. The van der Waals surface area contributed by atoms with Crippen molar-refractivity contribution in [3.8, 4) is 16.5 Å². The summed E-state index contributed by atoms with van der Waals surface area (Å²) in [6.07, 6.45) is 1.45. The van der Waals surface area contributed by atoms with Crippen LogP contribution in [0.4, 0.5) is 5.69 Å². The van der Waals surface area contributed by atoms with Crippen LogP contribution in [-0.2, 0) is 16.1 Å². The first-order valence-corrected chi connectivity index (χ1v) is 11.9. The fraction of sp³-hybridized carbons (Fsp3) is 0.391. The molecular formula is C23H25N5O4S. The third-order valence-corrected chi connectivity index (χ3v) is 6.72. The molecule has 33 heavy (non-hydrogen) atoms. The van der Waals surface area contributed by atoms with Crippen LogP contribution in [0.1, 0.15) is 18.7 Å². The van der Waals surface area contributed by atoms with Gasteiger partial charge >= 0.3 is 0 Å². The fourth-order valence-electron chi connectivity index (χ4n) is 4.07. The lowest BCUT2D eigenvalue weighted by molar-refractivity contribution is -0.135. The van der Waals surface area contributed by atoms with E-state index >= 15 is 0 Å². The van der Waals surface area contributed by atoms with Crippen LogP contribution in [0.5, 0.6) is 5.75 Å². The molecule has 172 valence electrons. The number of rotatable bonds is 7. The second-order valence-electron chi connectivity index (χ2n) is 8.08. The molecule has 4 heterocycles. The van der Waals surface area contributed by atoms with E-state index in [0.29, 0.717) is 43.5 Å². The van der Waals surface area contributed by atoms with Crippen molar-refractivity contribution in [1.82, 2.24) is 19.9 Å². The van der Waals surface area contributed by atoms with Crippen LogP contribution in [0.25, 0.3) is 10.7 Å². The first-order chi connectivity index (χ1) is 16.2. The van der Waals surface area contributed by atoms with Gasteiger partial charge in [-0.2, -0.15) is 4.98 Å². The van der Waals surface area contributed by atoms with Gasteiger partial charge in [0.1, 0.15) is 5.75 Å². The van der Waals surface area contributed by atoms with Crippen LogP contribution in [-0.4, -0.2) is 71.1 Å². The highest BCUT2D eigenvalue weighted by molar-refractivity contribution is 7.13. The van der Waals surface area contributed by atoms with Gasteiger partial charge in [-0.15, -0.1) is 11.3 Å². The quantitative estimate of drug-likeness (QED) is 0.527. The van der Waals surface area contributed by atoms with Crippen LogP contribution in [0.3, 0.4) is 0 Å². The zero-order valence-electron chi connectivity index (χ0n) is 18.2. The topological polar surface area (TPSA) is 92.0 Å². The molecule has 3 aromatic rings. The molecule has 5 rings (SSSR count). The lowest BCUT2D eigenvalue weighted by atomic mass is 10.2. The molecule has 2 aromatic heterocycles. The molecule has 10 heteroatoms. The molecule has 1 aromatic carbocycles. The van der Waals surface area contributed by atoms with Crippen molar-refractivity contribution in [2.75, 3.05) is 44.2 Å². The van der Waals surface area contributed by atoms with Gasteiger partial charge in [0, 0.05) is 50.9 Å². The lowest BCUT2D eigenvalue weighted by Crippen LogP contribution is -2.49. The van der Waals surface area contributed by atoms with Gasteiger partial charge in [0.2, 0.25) is 17.6 Å². The van der Waals surface area contributed by atoms with E-state index in [1.807, 2.05) is 46.7 Å². The number of anilines is 1. The van der Waals surface area contributed by atoms with Crippen LogP contribution < -0.4 is 9.64 Å². The number of ether oxygens (including phenoxy) is 1. The second kappa shape index (κ2) is 9.72. The zero-order valence-corrected chi connectivity index (χ0v) is 19.0. The van der Waals surface area contributed by atoms with Crippen molar-refractivity contribution in [3.05, 3.63) is 47.7 Å². The first kappa shape index (κ1) is 21.6. The van der Waals surface area contributed by atoms with Gasteiger partial charge in [0.05, 0.1) is 11.4 Å². The third-order valence-electron chi connectivity index (χ3n) is 5.86. The average molecular weight is 468 g/mol. The number of thiophene rings is 1. The normalized spacial score (nSPS) is 17.0. The minimum Gasteiger partial charge on any atom is -0.484 e. The summed E-state index contributed by atoms with van der Waals surface area (Å²) >= 11 is 1.58. The number of benzene rings is 1. The van der Waals surface area contributed by atoms with Crippen molar-refractivity contribution in [2.45, 2.75) is 19.4 Å². The van der Waals surface area contributed by atoms with Crippen LogP contribution in [0.2, 0.25) is 0 Å². The molecule has 2 amide bonds. The molecule has 0 unspecified atom stereocenters. The summed E-state index contributed by atoms with van der Waals surface area (Å²) in [5.41, 5.74) is 0.819. The maximum Gasteiger partial charge on any atom is 0.260 e. The predicted octanol–water partition coefficient (Wildman–Crippen LogP) is 2.65. The maximum absolute atomic E-state index is 12.6. The number of carbonyl (C=O) groups excluding carboxylic acids is 2. The van der Waals surface area contributed by atoms with Gasteiger partial charge in [-0.05, 0) is 30.0 Å². The van der Waals surface area contributed by atoms with Gasteiger partial charge in [-0.25, -0.2) is 0 Å². The summed E-state index contributed by atoms with van der Waals surface area (Å²) in [5, 5.41) is 6.03. The molecule has 2 aliphatic rings. The largest absolute Gasteiger partial charge is 0.484 e. The summed E-state index contributed by atoms with van der Waals surface area (Å²) in [4.78, 5) is 35.8. The van der Waals surface area contributed by atoms with Crippen LogP contribution in [0.15, 0.2) is 46.3 Å². The standard InChI is InChI=1S/C23H25N5O4S/c29-21-7-2-8-28(21)17-4-1-5-18(14-17)31-16-22(30)27-11-9-26(10-12-27)15-20-24-23(25-32-20)19-6-3-13-33-19/h1,3-6,13-14H,2,7-12,15-16H2. The third kappa shape index (κ3) is 5.07. The Labute approximate surface area is 195 Å². The monoisotopic (exact) mass is 467 g/mol. The zero-order chi connectivity index (χ0) is 22.6.